The van der Waals surface area contributed by atoms with Gasteiger partial charge in [0.05, 0.1) is 13.2 Å². The second-order valence-corrected chi connectivity index (χ2v) is 5.05. The van der Waals surface area contributed by atoms with Crippen molar-refractivity contribution in [3.8, 4) is 0 Å². The van der Waals surface area contributed by atoms with Crippen LogP contribution in [0.25, 0.3) is 0 Å². The van der Waals surface area contributed by atoms with Crippen LogP contribution < -0.4 is 10.6 Å². The number of rotatable bonds is 3. The predicted molar refractivity (Wildman–Crippen MR) is 79.1 cm³/mol. The third-order valence-corrected chi connectivity index (χ3v) is 3.65. The lowest BCUT2D eigenvalue weighted by molar-refractivity contribution is 0.103. The lowest BCUT2D eigenvalue weighted by Gasteiger charge is -2.28. The van der Waals surface area contributed by atoms with Gasteiger partial charge in [-0.2, -0.15) is 0 Å². The quantitative estimate of drug-likeness (QED) is 0.828. The molecule has 0 bridgehead atoms. The summed E-state index contributed by atoms with van der Waals surface area (Å²) >= 11 is 0. The fourth-order valence-electron chi connectivity index (χ4n) is 2.49. The highest BCUT2D eigenvalue weighted by atomic mass is 16.5. The van der Waals surface area contributed by atoms with Gasteiger partial charge in [-0.15, -0.1) is 0 Å². The van der Waals surface area contributed by atoms with Gasteiger partial charge in [-0.1, -0.05) is 0 Å². The number of H-pyrrole nitrogens is 2. The Balaban J connectivity index is 1.82. The number of nitrogens with zero attached hydrogens (tertiary/aromatic N) is 1. The van der Waals surface area contributed by atoms with Gasteiger partial charge in [0, 0.05) is 30.0 Å². The lowest BCUT2D eigenvalue weighted by Crippen LogP contribution is -2.36. The van der Waals surface area contributed by atoms with E-state index in [1.54, 1.807) is 19.1 Å². The number of hydrogen-bond donors (Lipinski definition) is 2. The molecule has 21 heavy (non-hydrogen) atoms. The number of carbonyl (C=O) groups is 1. The Morgan fingerprint density at radius 2 is 1.81 bits per heavy atom. The number of nitrogens with one attached hydrogen (secondary N) is 2. The first kappa shape index (κ1) is 13.6. The molecule has 0 unspecified atom stereocenters. The Morgan fingerprint density at radius 1 is 1.14 bits per heavy atom. The molecule has 6 heteroatoms. The van der Waals surface area contributed by atoms with Gasteiger partial charge in [-0.05, 0) is 31.2 Å². The molecule has 0 spiro atoms. The minimum absolute atomic E-state index is 0.181. The van der Waals surface area contributed by atoms with E-state index < -0.39 is 0 Å². The van der Waals surface area contributed by atoms with Crippen LogP contribution in [0.15, 0.2) is 29.1 Å². The standard InChI is InChI=1S/C15H17N3O3/c1-10-13(17-15(20)16-10)14(19)11-2-4-12(5-3-11)18-6-8-21-9-7-18/h2-5H,6-9H2,1H3,(H2,16,17,20). The van der Waals surface area contributed by atoms with E-state index in [1.807, 2.05) is 12.1 Å². The fraction of sp³-hybridized carbons (Fsp3) is 0.333. The number of benzene rings is 1. The molecule has 1 aromatic carbocycles. The van der Waals surface area contributed by atoms with E-state index >= 15 is 0 Å². The predicted octanol–water partition coefficient (Wildman–Crippen LogP) is 1.08. The first-order chi connectivity index (χ1) is 10.1. The van der Waals surface area contributed by atoms with Gasteiger partial charge in [0.2, 0.25) is 5.78 Å². The summed E-state index contributed by atoms with van der Waals surface area (Å²) in [5.74, 6) is -0.181. The Hall–Kier alpha value is -2.34. The molecule has 0 saturated carbocycles. The van der Waals surface area contributed by atoms with Crippen molar-refractivity contribution in [3.63, 3.8) is 0 Å². The Kier molecular flexibility index (Phi) is 3.62. The molecule has 1 aliphatic heterocycles. The minimum Gasteiger partial charge on any atom is -0.378 e. The molecule has 1 aromatic heterocycles. The Labute approximate surface area is 121 Å². The highest BCUT2D eigenvalue weighted by Gasteiger charge is 2.16. The van der Waals surface area contributed by atoms with Crippen LogP contribution in [0.3, 0.4) is 0 Å². The lowest BCUT2D eigenvalue weighted by atomic mass is 10.1. The average molecular weight is 287 g/mol. The van der Waals surface area contributed by atoms with Crippen LogP contribution >= 0.6 is 0 Å². The minimum atomic E-state index is -0.360. The number of carbonyl (C=O) groups excluding carboxylic acids is 1. The second-order valence-electron chi connectivity index (χ2n) is 5.05. The zero-order valence-electron chi connectivity index (χ0n) is 11.8. The molecule has 0 atom stereocenters. The molecular formula is C15H17N3O3. The molecule has 2 heterocycles. The highest BCUT2D eigenvalue weighted by molar-refractivity contribution is 6.08. The molecule has 110 valence electrons. The summed E-state index contributed by atoms with van der Waals surface area (Å²) in [5, 5.41) is 0. The van der Waals surface area contributed by atoms with Crippen molar-refractivity contribution in [1.82, 2.24) is 9.97 Å². The SMILES string of the molecule is Cc1[nH]c(=O)[nH]c1C(=O)c1ccc(N2CCOCC2)cc1. The van der Waals surface area contributed by atoms with Crippen molar-refractivity contribution < 1.29 is 9.53 Å². The smallest absolute Gasteiger partial charge is 0.323 e. The second kappa shape index (κ2) is 5.57. The molecule has 6 nitrogen and oxygen atoms in total. The highest BCUT2D eigenvalue weighted by Crippen LogP contribution is 2.18. The normalized spacial score (nSPS) is 15.2. The number of aromatic nitrogens is 2. The number of aryl methyl sites for hydroxylation is 1. The number of ether oxygens (including phenoxy) is 1. The van der Waals surface area contributed by atoms with E-state index in [9.17, 15) is 9.59 Å². The number of morpholine rings is 1. The largest absolute Gasteiger partial charge is 0.378 e. The molecule has 1 aliphatic rings. The van der Waals surface area contributed by atoms with Gasteiger partial charge < -0.3 is 19.6 Å². The summed E-state index contributed by atoms with van der Waals surface area (Å²) in [6.45, 7) is 4.87. The van der Waals surface area contributed by atoms with Gasteiger partial charge in [0.1, 0.15) is 5.69 Å². The summed E-state index contributed by atoms with van der Waals surface area (Å²) in [6.07, 6.45) is 0. The molecule has 3 rings (SSSR count). The number of hydrogen-bond acceptors (Lipinski definition) is 4. The first-order valence-electron chi connectivity index (χ1n) is 6.91. The Bertz CT molecular complexity index is 694. The van der Waals surface area contributed by atoms with Crippen LogP contribution in [-0.4, -0.2) is 42.1 Å². The average Bonchev–Trinajstić information content (AvgIpc) is 2.86. The maximum atomic E-state index is 12.3. The van der Waals surface area contributed by atoms with Crippen molar-refractivity contribution >= 4 is 11.5 Å². The van der Waals surface area contributed by atoms with E-state index in [0.717, 1.165) is 32.0 Å². The molecule has 0 radical (unpaired) electrons. The molecule has 1 fully saturated rings. The van der Waals surface area contributed by atoms with Crippen LogP contribution in [0.2, 0.25) is 0 Å². The maximum absolute atomic E-state index is 12.3. The van der Waals surface area contributed by atoms with Crippen LogP contribution in [-0.2, 0) is 4.74 Å². The molecule has 0 amide bonds. The van der Waals surface area contributed by atoms with Crippen LogP contribution in [0.1, 0.15) is 21.7 Å². The first-order valence-corrected chi connectivity index (χ1v) is 6.91. The summed E-state index contributed by atoms with van der Waals surface area (Å²) in [6, 6.07) is 7.44. The van der Waals surface area contributed by atoms with Gasteiger partial charge in [0.25, 0.3) is 0 Å². The van der Waals surface area contributed by atoms with E-state index in [4.69, 9.17) is 4.74 Å². The third kappa shape index (κ3) is 2.75. The van der Waals surface area contributed by atoms with Crippen molar-refractivity contribution in [1.29, 1.82) is 0 Å². The van der Waals surface area contributed by atoms with Crippen LogP contribution in [0.4, 0.5) is 5.69 Å². The van der Waals surface area contributed by atoms with Crippen molar-refractivity contribution in [2.75, 3.05) is 31.2 Å². The number of imidazole rings is 1. The van der Waals surface area contributed by atoms with Crippen molar-refractivity contribution in [2.24, 2.45) is 0 Å². The van der Waals surface area contributed by atoms with Crippen molar-refractivity contribution in [2.45, 2.75) is 6.92 Å². The van der Waals surface area contributed by atoms with E-state index in [-0.39, 0.29) is 11.5 Å². The monoisotopic (exact) mass is 287 g/mol. The van der Waals surface area contributed by atoms with Crippen molar-refractivity contribution in [3.05, 3.63) is 51.7 Å². The van der Waals surface area contributed by atoms with E-state index in [2.05, 4.69) is 14.9 Å². The topological polar surface area (TPSA) is 78.2 Å². The maximum Gasteiger partial charge on any atom is 0.323 e. The summed E-state index contributed by atoms with van der Waals surface area (Å²) in [4.78, 5) is 30.9. The van der Waals surface area contributed by atoms with Crippen LogP contribution in [0.5, 0.6) is 0 Å². The number of anilines is 1. The van der Waals surface area contributed by atoms with Gasteiger partial charge in [0.15, 0.2) is 0 Å². The van der Waals surface area contributed by atoms with E-state index in [0.29, 0.717) is 17.0 Å². The third-order valence-electron chi connectivity index (χ3n) is 3.65. The van der Waals surface area contributed by atoms with Gasteiger partial charge in [-0.25, -0.2) is 4.79 Å². The Morgan fingerprint density at radius 3 is 2.38 bits per heavy atom. The summed E-state index contributed by atoms with van der Waals surface area (Å²) in [7, 11) is 0. The zero-order chi connectivity index (χ0) is 14.8. The van der Waals surface area contributed by atoms with Gasteiger partial charge >= 0.3 is 5.69 Å². The van der Waals surface area contributed by atoms with E-state index in [1.165, 1.54) is 0 Å². The molecular weight excluding hydrogens is 270 g/mol. The number of aromatic amines is 2. The molecule has 2 aromatic rings. The fourth-order valence-corrected chi connectivity index (χ4v) is 2.49. The molecule has 2 N–H and O–H groups in total. The summed E-state index contributed by atoms with van der Waals surface area (Å²) < 4.78 is 5.32. The number of ketones is 1. The molecule has 1 saturated heterocycles. The zero-order valence-corrected chi connectivity index (χ0v) is 11.8. The van der Waals surface area contributed by atoms with Gasteiger partial charge in [-0.3, -0.25) is 4.79 Å². The molecule has 0 aliphatic carbocycles. The van der Waals surface area contributed by atoms with Crippen LogP contribution in [0, 0.1) is 6.92 Å². The summed E-state index contributed by atoms with van der Waals surface area (Å²) in [5.41, 5.74) is 2.15.